The Bertz CT molecular complexity index is 640. The predicted molar refractivity (Wildman–Crippen MR) is 89.7 cm³/mol. The fourth-order valence-corrected chi connectivity index (χ4v) is 2.21. The smallest absolute Gasteiger partial charge is 0.234 e. The lowest BCUT2D eigenvalue weighted by Crippen LogP contribution is -2.39. The molecule has 118 valence electrons. The van der Waals surface area contributed by atoms with Gasteiger partial charge in [0.05, 0.1) is 12.6 Å². The highest BCUT2D eigenvalue weighted by Crippen LogP contribution is 2.20. The van der Waals surface area contributed by atoms with Crippen molar-refractivity contribution in [2.45, 2.75) is 26.0 Å². The highest BCUT2D eigenvalue weighted by Gasteiger charge is 2.12. The van der Waals surface area contributed by atoms with E-state index < -0.39 is 6.10 Å². The van der Waals surface area contributed by atoms with Crippen molar-refractivity contribution in [3.8, 4) is 0 Å². The molecule has 4 heteroatoms. The van der Waals surface area contributed by atoms with Gasteiger partial charge in [0.2, 0.25) is 5.91 Å². The molecule has 1 amide bonds. The summed E-state index contributed by atoms with van der Waals surface area (Å²) in [5, 5.41) is 15.3. The molecule has 2 N–H and O–H groups in total. The van der Waals surface area contributed by atoms with Crippen LogP contribution in [0.4, 0.5) is 0 Å². The number of aliphatic hydroxyl groups excluding tert-OH is 1. The van der Waals surface area contributed by atoms with Crippen molar-refractivity contribution in [3.05, 3.63) is 48.0 Å². The summed E-state index contributed by atoms with van der Waals surface area (Å²) < 4.78 is 0. The summed E-state index contributed by atoms with van der Waals surface area (Å²) in [6.07, 6.45) is -0.696. The monoisotopic (exact) mass is 300 g/mol. The number of fused-ring (bicyclic) bond motifs is 1. The summed E-state index contributed by atoms with van der Waals surface area (Å²) >= 11 is 0. The molecule has 0 heterocycles. The third kappa shape index (κ3) is 4.29. The molecule has 0 aliphatic carbocycles. The second-order valence-electron chi connectivity index (χ2n) is 5.94. The average Bonchev–Trinajstić information content (AvgIpc) is 2.52. The van der Waals surface area contributed by atoms with Crippen LogP contribution in [0, 0.1) is 0 Å². The Morgan fingerprint density at radius 1 is 1.18 bits per heavy atom. The van der Waals surface area contributed by atoms with E-state index in [1.165, 1.54) is 0 Å². The highest BCUT2D eigenvalue weighted by molar-refractivity contribution is 5.83. The van der Waals surface area contributed by atoms with Gasteiger partial charge in [0, 0.05) is 12.6 Å². The van der Waals surface area contributed by atoms with Crippen LogP contribution in [-0.4, -0.2) is 42.1 Å². The van der Waals surface area contributed by atoms with Crippen LogP contribution in [0.15, 0.2) is 42.5 Å². The molecule has 0 bridgehead atoms. The zero-order valence-electron chi connectivity index (χ0n) is 13.4. The molecule has 0 aliphatic heterocycles. The minimum atomic E-state index is -0.696. The van der Waals surface area contributed by atoms with E-state index in [0.29, 0.717) is 12.6 Å². The minimum absolute atomic E-state index is 0.0731. The number of amides is 1. The lowest BCUT2D eigenvalue weighted by molar-refractivity contribution is -0.122. The van der Waals surface area contributed by atoms with Crippen LogP contribution in [0.3, 0.4) is 0 Å². The number of carbonyl (C=O) groups excluding carboxylic acids is 1. The SMILES string of the molecule is CC(C)N(C)CC(=O)NCC(O)c1ccc2ccccc2c1. The van der Waals surface area contributed by atoms with E-state index in [4.69, 9.17) is 0 Å². The van der Waals surface area contributed by atoms with Gasteiger partial charge in [0.25, 0.3) is 0 Å². The molecule has 1 atom stereocenters. The van der Waals surface area contributed by atoms with Crippen molar-refractivity contribution >= 4 is 16.7 Å². The average molecular weight is 300 g/mol. The third-order valence-electron chi connectivity index (χ3n) is 3.93. The van der Waals surface area contributed by atoms with Gasteiger partial charge in [-0.2, -0.15) is 0 Å². The van der Waals surface area contributed by atoms with Gasteiger partial charge in [-0.25, -0.2) is 0 Å². The van der Waals surface area contributed by atoms with E-state index in [2.05, 4.69) is 5.32 Å². The van der Waals surface area contributed by atoms with Crippen molar-refractivity contribution < 1.29 is 9.90 Å². The topological polar surface area (TPSA) is 52.6 Å². The molecule has 0 saturated carbocycles. The fourth-order valence-electron chi connectivity index (χ4n) is 2.21. The molecule has 0 saturated heterocycles. The number of likely N-dealkylation sites (N-methyl/N-ethyl adjacent to an activating group) is 1. The van der Waals surface area contributed by atoms with Crippen LogP contribution in [0.1, 0.15) is 25.5 Å². The highest BCUT2D eigenvalue weighted by atomic mass is 16.3. The lowest BCUT2D eigenvalue weighted by atomic mass is 10.0. The summed E-state index contributed by atoms with van der Waals surface area (Å²) in [6, 6.07) is 14.2. The number of carbonyl (C=O) groups is 1. The zero-order chi connectivity index (χ0) is 16.1. The quantitative estimate of drug-likeness (QED) is 0.861. The summed E-state index contributed by atoms with van der Waals surface area (Å²) in [7, 11) is 1.91. The first-order valence-corrected chi connectivity index (χ1v) is 7.61. The van der Waals surface area contributed by atoms with Gasteiger partial charge in [-0.05, 0) is 43.3 Å². The van der Waals surface area contributed by atoms with Crippen LogP contribution in [0.2, 0.25) is 0 Å². The van der Waals surface area contributed by atoms with Crippen LogP contribution >= 0.6 is 0 Å². The van der Waals surface area contributed by atoms with Crippen molar-refractivity contribution in [2.75, 3.05) is 20.1 Å². The molecule has 0 aliphatic rings. The van der Waals surface area contributed by atoms with Crippen LogP contribution in [0.25, 0.3) is 10.8 Å². The zero-order valence-corrected chi connectivity index (χ0v) is 13.4. The normalized spacial score (nSPS) is 12.8. The number of benzene rings is 2. The Hall–Kier alpha value is -1.91. The van der Waals surface area contributed by atoms with E-state index in [1.54, 1.807) is 0 Å². The van der Waals surface area contributed by atoms with E-state index in [-0.39, 0.29) is 12.5 Å². The predicted octanol–water partition coefficient (Wildman–Crippen LogP) is 2.33. The summed E-state index contributed by atoms with van der Waals surface area (Å²) in [5.74, 6) is -0.0731. The van der Waals surface area contributed by atoms with Gasteiger partial charge in [-0.15, -0.1) is 0 Å². The van der Waals surface area contributed by atoms with Gasteiger partial charge in [-0.3, -0.25) is 9.69 Å². The van der Waals surface area contributed by atoms with Crippen LogP contribution in [0.5, 0.6) is 0 Å². The molecule has 22 heavy (non-hydrogen) atoms. The third-order valence-corrected chi connectivity index (χ3v) is 3.93. The Labute approximate surface area is 131 Å². The minimum Gasteiger partial charge on any atom is -0.387 e. The van der Waals surface area contributed by atoms with Crippen LogP contribution in [-0.2, 0) is 4.79 Å². The Morgan fingerprint density at radius 2 is 1.86 bits per heavy atom. The standard InChI is InChI=1S/C18H24N2O2/c1-13(2)20(3)12-18(22)19-11-17(21)16-9-8-14-6-4-5-7-15(14)10-16/h4-10,13,17,21H,11-12H2,1-3H3,(H,19,22). The number of hydrogen-bond acceptors (Lipinski definition) is 3. The second-order valence-corrected chi connectivity index (χ2v) is 5.94. The molecule has 0 radical (unpaired) electrons. The second kappa shape index (κ2) is 7.38. The molecule has 1 unspecified atom stereocenters. The molecule has 2 aromatic rings. The molecular formula is C18H24N2O2. The van der Waals surface area contributed by atoms with Crippen LogP contribution < -0.4 is 5.32 Å². The maximum absolute atomic E-state index is 11.8. The molecule has 0 spiro atoms. The van der Waals surface area contributed by atoms with Crippen molar-refractivity contribution in [1.29, 1.82) is 0 Å². The summed E-state index contributed by atoms with van der Waals surface area (Å²) in [6.45, 7) is 4.64. The number of rotatable bonds is 6. The van der Waals surface area contributed by atoms with E-state index in [1.807, 2.05) is 68.3 Å². The maximum atomic E-state index is 11.8. The molecule has 0 fully saturated rings. The molecular weight excluding hydrogens is 276 g/mol. The number of hydrogen-bond donors (Lipinski definition) is 2. The largest absolute Gasteiger partial charge is 0.387 e. The van der Waals surface area contributed by atoms with Crippen molar-refractivity contribution in [2.24, 2.45) is 0 Å². The first kappa shape index (κ1) is 16.5. The van der Waals surface area contributed by atoms with E-state index in [9.17, 15) is 9.90 Å². The molecule has 4 nitrogen and oxygen atoms in total. The number of aliphatic hydroxyl groups is 1. The van der Waals surface area contributed by atoms with Crippen molar-refractivity contribution in [1.82, 2.24) is 10.2 Å². The Kier molecular flexibility index (Phi) is 5.52. The molecule has 2 rings (SSSR count). The van der Waals surface area contributed by atoms with E-state index >= 15 is 0 Å². The van der Waals surface area contributed by atoms with Gasteiger partial charge in [0.15, 0.2) is 0 Å². The number of nitrogens with zero attached hydrogens (tertiary/aromatic N) is 1. The number of nitrogens with one attached hydrogen (secondary N) is 1. The molecule has 2 aromatic carbocycles. The van der Waals surface area contributed by atoms with Gasteiger partial charge in [-0.1, -0.05) is 36.4 Å². The van der Waals surface area contributed by atoms with Gasteiger partial charge < -0.3 is 10.4 Å². The first-order chi connectivity index (χ1) is 10.5. The first-order valence-electron chi connectivity index (χ1n) is 7.61. The van der Waals surface area contributed by atoms with Gasteiger partial charge >= 0.3 is 0 Å². The van der Waals surface area contributed by atoms with E-state index in [0.717, 1.165) is 16.3 Å². The fraction of sp³-hybridized carbons (Fsp3) is 0.389. The summed E-state index contributed by atoms with van der Waals surface area (Å²) in [5.41, 5.74) is 0.816. The van der Waals surface area contributed by atoms with Crippen molar-refractivity contribution in [3.63, 3.8) is 0 Å². The summed E-state index contributed by atoms with van der Waals surface area (Å²) in [4.78, 5) is 13.8. The Morgan fingerprint density at radius 3 is 2.55 bits per heavy atom. The molecule has 0 aromatic heterocycles. The maximum Gasteiger partial charge on any atom is 0.234 e. The lowest BCUT2D eigenvalue weighted by Gasteiger charge is -2.21. The Balaban J connectivity index is 1.93. The van der Waals surface area contributed by atoms with Gasteiger partial charge in [0.1, 0.15) is 0 Å².